The molecule has 0 unspecified atom stereocenters. The molecule has 3 N–H and O–H groups in total. The molecule has 0 aliphatic rings. The fraction of sp³-hybridized carbons (Fsp3) is 0.556. The monoisotopic (exact) mass is 212 g/mol. The Hall–Kier alpha value is -0.810. The Kier molecular flexibility index (Phi) is 3.71. The van der Waals surface area contributed by atoms with Crippen LogP contribution in [0.3, 0.4) is 0 Å². The second kappa shape index (κ2) is 4.61. The number of hydrogen-bond acceptors (Lipinski definition) is 5. The Bertz CT molecular complexity index is 295. The molecule has 0 saturated heterocycles. The van der Waals surface area contributed by atoms with Gasteiger partial charge in [0.2, 0.25) is 0 Å². The van der Waals surface area contributed by atoms with E-state index in [1.54, 1.807) is 12.3 Å². The number of hydrazine groups is 1. The lowest BCUT2D eigenvalue weighted by Gasteiger charge is -2.16. The molecule has 5 heteroatoms. The largest absolute Gasteiger partial charge is 0.308 e. The van der Waals surface area contributed by atoms with Gasteiger partial charge in [-0.05, 0) is 0 Å². The number of rotatable bonds is 3. The predicted molar refractivity (Wildman–Crippen MR) is 60.9 cm³/mol. The lowest BCUT2D eigenvalue weighted by Crippen LogP contribution is -2.11. The number of hydrogen-bond donors (Lipinski definition) is 2. The Morgan fingerprint density at radius 2 is 2.21 bits per heavy atom. The highest BCUT2D eigenvalue weighted by molar-refractivity contribution is 7.99. The van der Waals surface area contributed by atoms with Gasteiger partial charge in [0.15, 0.2) is 0 Å². The quantitative estimate of drug-likeness (QED) is 0.591. The second-order valence-electron chi connectivity index (χ2n) is 3.90. The summed E-state index contributed by atoms with van der Waals surface area (Å²) in [7, 11) is 0. The van der Waals surface area contributed by atoms with Crippen molar-refractivity contribution in [1.29, 1.82) is 0 Å². The van der Waals surface area contributed by atoms with Crippen LogP contribution in [0.2, 0.25) is 0 Å². The average Bonchev–Trinajstić information content (AvgIpc) is 2.14. The van der Waals surface area contributed by atoms with Crippen molar-refractivity contribution in [3.63, 3.8) is 0 Å². The van der Waals surface area contributed by atoms with Crippen molar-refractivity contribution >= 4 is 17.6 Å². The summed E-state index contributed by atoms with van der Waals surface area (Å²) < 4.78 is 0.232. The number of aromatic nitrogens is 2. The fourth-order valence-electron chi connectivity index (χ4n) is 0.830. The summed E-state index contributed by atoms with van der Waals surface area (Å²) in [4.78, 5) is 8.39. The van der Waals surface area contributed by atoms with Crippen LogP contribution in [0.4, 0.5) is 5.82 Å². The predicted octanol–water partition coefficient (Wildman–Crippen LogP) is 1.79. The summed E-state index contributed by atoms with van der Waals surface area (Å²) in [5, 5.41) is 0. The number of nitrogens with one attached hydrogen (secondary N) is 1. The highest BCUT2D eigenvalue weighted by atomic mass is 32.2. The molecule has 0 atom stereocenters. The second-order valence-corrected chi connectivity index (χ2v) is 5.71. The van der Waals surface area contributed by atoms with Crippen molar-refractivity contribution < 1.29 is 0 Å². The van der Waals surface area contributed by atoms with E-state index in [-0.39, 0.29) is 4.75 Å². The minimum atomic E-state index is 0.232. The molecule has 1 heterocycles. The Labute approximate surface area is 88.7 Å². The van der Waals surface area contributed by atoms with Crippen LogP contribution in [0.25, 0.3) is 0 Å². The Morgan fingerprint density at radius 1 is 1.50 bits per heavy atom. The van der Waals surface area contributed by atoms with E-state index in [1.165, 1.54) is 0 Å². The van der Waals surface area contributed by atoms with Gasteiger partial charge in [0.25, 0.3) is 0 Å². The van der Waals surface area contributed by atoms with Crippen LogP contribution >= 0.6 is 11.8 Å². The summed E-state index contributed by atoms with van der Waals surface area (Å²) in [6, 6.07) is 1.74. The highest BCUT2D eigenvalue weighted by Crippen LogP contribution is 2.25. The third-order valence-corrected chi connectivity index (χ3v) is 2.76. The van der Waals surface area contributed by atoms with Crippen molar-refractivity contribution in [2.45, 2.75) is 31.3 Å². The van der Waals surface area contributed by atoms with Crippen LogP contribution in [0, 0.1) is 0 Å². The molecule has 0 bridgehead atoms. The number of nitrogens with zero attached hydrogens (tertiary/aromatic N) is 2. The maximum atomic E-state index is 5.25. The Morgan fingerprint density at radius 3 is 2.79 bits per heavy atom. The van der Waals surface area contributed by atoms with Gasteiger partial charge in [-0.15, -0.1) is 11.8 Å². The molecule has 4 nitrogen and oxygen atoms in total. The molecule has 78 valence electrons. The van der Waals surface area contributed by atoms with Gasteiger partial charge >= 0.3 is 0 Å². The molecule has 0 aliphatic carbocycles. The average molecular weight is 212 g/mol. The molecule has 0 radical (unpaired) electrons. The Balaban J connectivity index is 2.59. The van der Waals surface area contributed by atoms with Crippen LogP contribution in [0.5, 0.6) is 0 Å². The number of nitrogens with two attached hydrogens (primary N) is 1. The lowest BCUT2D eigenvalue weighted by molar-refractivity contribution is 0.800. The zero-order valence-electron chi connectivity index (χ0n) is 8.74. The first-order valence-electron chi connectivity index (χ1n) is 4.44. The van der Waals surface area contributed by atoms with Gasteiger partial charge in [0.1, 0.15) is 11.6 Å². The fourth-order valence-corrected chi connectivity index (χ4v) is 1.53. The zero-order valence-corrected chi connectivity index (χ0v) is 9.56. The van der Waals surface area contributed by atoms with E-state index in [0.29, 0.717) is 5.82 Å². The minimum absolute atomic E-state index is 0.232. The summed E-state index contributed by atoms with van der Waals surface area (Å²) in [6.07, 6.45) is 1.71. The van der Waals surface area contributed by atoms with Crippen LogP contribution < -0.4 is 11.3 Å². The van der Waals surface area contributed by atoms with Gasteiger partial charge in [-0.2, -0.15) is 0 Å². The van der Waals surface area contributed by atoms with Gasteiger partial charge in [-0.1, -0.05) is 20.8 Å². The molecule has 1 rings (SSSR count). The summed E-state index contributed by atoms with van der Waals surface area (Å²) in [6.45, 7) is 6.51. The van der Waals surface area contributed by atoms with E-state index in [2.05, 4.69) is 36.2 Å². The lowest BCUT2D eigenvalue weighted by atomic mass is 10.3. The SMILES string of the molecule is CC(C)(C)SCc1nccc(NN)n1. The maximum absolute atomic E-state index is 5.25. The molecular weight excluding hydrogens is 196 g/mol. The van der Waals surface area contributed by atoms with Gasteiger partial charge in [0.05, 0.1) is 5.75 Å². The third kappa shape index (κ3) is 3.93. The van der Waals surface area contributed by atoms with Crippen LogP contribution in [0.15, 0.2) is 12.3 Å². The van der Waals surface area contributed by atoms with Crippen LogP contribution in [-0.4, -0.2) is 14.7 Å². The van der Waals surface area contributed by atoms with Crippen molar-refractivity contribution in [2.24, 2.45) is 5.84 Å². The van der Waals surface area contributed by atoms with Crippen molar-refractivity contribution in [2.75, 3.05) is 5.43 Å². The molecule has 0 aliphatic heterocycles. The first-order chi connectivity index (χ1) is 6.51. The van der Waals surface area contributed by atoms with Gasteiger partial charge in [0, 0.05) is 17.0 Å². The third-order valence-electron chi connectivity index (χ3n) is 1.49. The van der Waals surface area contributed by atoms with Gasteiger partial charge in [-0.25, -0.2) is 15.8 Å². The van der Waals surface area contributed by atoms with Crippen molar-refractivity contribution in [3.8, 4) is 0 Å². The minimum Gasteiger partial charge on any atom is -0.308 e. The molecule has 0 spiro atoms. The van der Waals surface area contributed by atoms with E-state index in [0.717, 1.165) is 11.6 Å². The van der Waals surface area contributed by atoms with E-state index < -0.39 is 0 Å². The number of anilines is 1. The van der Waals surface area contributed by atoms with E-state index in [4.69, 9.17) is 5.84 Å². The van der Waals surface area contributed by atoms with Crippen LogP contribution in [0.1, 0.15) is 26.6 Å². The summed E-state index contributed by atoms with van der Waals surface area (Å²) in [5.41, 5.74) is 2.50. The standard InChI is InChI=1S/C9H16N4S/c1-9(2,3)14-6-8-11-5-4-7(12-8)13-10/h4-5H,6,10H2,1-3H3,(H,11,12,13). The first-order valence-corrected chi connectivity index (χ1v) is 5.42. The van der Waals surface area contributed by atoms with Crippen LogP contribution in [-0.2, 0) is 5.75 Å². The molecule has 0 saturated carbocycles. The maximum Gasteiger partial charge on any atom is 0.143 e. The molecule has 0 aromatic carbocycles. The van der Waals surface area contributed by atoms with Gasteiger partial charge < -0.3 is 5.43 Å². The topological polar surface area (TPSA) is 63.8 Å². The van der Waals surface area contributed by atoms with Crippen molar-refractivity contribution in [1.82, 2.24) is 9.97 Å². The molecule has 0 fully saturated rings. The van der Waals surface area contributed by atoms with Crippen molar-refractivity contribution in [3.05, 3.63) is 18.1 Å². The molecule has 14 heavy (non-hydrogen) atoms. The molecule has 1 aromatic heterocycles. The summed E-state index contributed by atoms with van der Waals surface area (Å²) >= 11 is 1.81. The normalized spacial score (nSPS) is 11.4. The molecule has 1 aromatic rings. The number of thioether (sulfide) groups is 1. The highest BCUT2D eigenvalue weighted by Gasteiger charge is 2.11. The van der Waals surface area contributed by atoms with Gasteiger partial charge in [-0.3, -0.25) is 0 Å². The summed E-state index contributed by atoms with van der Waals surface area (Å²) in [5.74, 6) is 7.52. The smallest absolute Gasteiger partial charge is 0.143 e. The molecular formula is C9H16N4S. The zero-order chi connectivity index (χ0) is 10.6. The van der Waals surface area contributed by atoms with E-state index in [9.17, 15) is 0 Å². The molecule has 0 amide bonds. The number of nitrogen functional groups attached to an aromatic ring is 1. The first kappa shape index (κ1) is 11.3. The van der Waals surface area contributed by atoms with E-state index >= 15 is 0 Å². The van der Waals surface area contributed by atoms with E-state index in [1.807, 2.05) is 11.8 Å².